The van der Waals surface area contributed by atoms with Crippen LogP contribution in [0.15, 0.2) is 9.59 Å². The van der Waals surface area contributed by atoms with Crippen LogP contribution in [0.25, 0.3) is 11.2 Å². The number of aryl methyl sites for hydroxylation is 1. The number of aliphatic hydroxyl groups excluding tert-OH is 1. The van der Waals surface area contributed by atoms with E-state index in [9.17, 15) is 9.59 Å². The van der Waals surface area contributed by atoms with E-state index in [1.54, 1.807) is 7.05 Å². The smallest absolute Gasteiger partial charge is 0.332 e. The normalized spacial score (nSPS) is 11.2. The standard InChI is InChI=1S/C12H19N5O3/c1-16-9-8(10(19)17(2)12(16)20)14-11(15-9)13-6-4-3-5-7-18/h18H,3-7H2,1-2H3,(H2,13,14,15). The maximum atomic E-state index is 12.0. The van der Waals surface area contributed by atoms with Crippen molar-refractivity contribution in [2.75, 3.05) is 18.5 Å². The van der Waals surface area contributed by atoms with Gasteiger partial charge in [-0.25, -0.2) is 4.79 Å². The van der Waals surface area contributed by atoms with Gasteiger partial charge < -0.3 is 15.4 Å². The number of rotatable bonds is 6. The molecule has 0 aliphatic carbocycles. The fourth-order valence-electron chi connectivity index (χ4n) is 2.03. The summed E-state index contributed by atoms with van der Waals surface area (Å²) in [6.07, 6.45) is 2.59. The number of aliphatic hydroxyl groups is 1. The molecular weight excluding hydrogens is 262 g/mol. The lowest BCUT2D eigenvalue weighted by molar-refractivity contribution is 0.283. The third-order valence-corrected chi connectivity index (χ3v) is 3.22. The highest BCUT2D eigenvalue weighted by molar-refractivity contribution is 5.72. The van der Waals surface area contributed by atoms with Crippen LogP contribution in [0.2, 0.25) is 0 Å². The van der Waals surface area contributed by atoms with Gasteiger partial charge in [0.25, 0.3) is 5.56 Å². The molecule has 0 fully saturated rings. The third-order valence-electron chi connectivity index (χ3n) is 3.22. The van der Waals surface area contributed by atoms with Crippen LogP contribution in [0.1, 0.15) is 19.3 Å². The van der Waals surface area contributed by atoms with E-state index in [0.29, 0.717) is 23.7 Å². The van der Waals surface area contributed by atoms with Gasteiger partial charge >= 0.3 is 5.69 Å². The van der Waals surface area contributed by atoms with Crippen LogP contribution in [-0.2, 0) is 14.1 Å². The number of nitrogens with zero attached hydrogens (tertiary/aromatic N) is 3. The van der Waals surface area contributed by atoms with E-state index in [1.165, 1.54) is 11.6 Å². The van der Waals surface area contributed by atoms with Gasteiger partial charge in [-0.3, -0.25) is 13.9 Å². The summed E-state index contributed by atoms with van der Waals surface area (Å²) >= 11 is 0. The molecule has 3 N–H and O–H groups in total. The molecular formula is C12H19N5O3. The summed E-state index contributed by atoms with van der Waals surface area (Å²) in [5, 5.41) is 11.8. The lowest BCUT2D eigenvalue weighted by Crippen LogP contribution is -2.36. The predicted octanol–water partition coefficient (Wildman–Crippen LogP) is -0.465. The van der Waals surface area contributed by atoms with Crippen molar-refractivity contribution in [3.8, 4) is 0 Å². The van der Waals surface area contributed by atoms with E-state index < -0.39 is 5.69 Å². The van der Waals surface area contributed by atoms with Crippen LogP contribution in [0.3, 0.4) is 0 Å². The Morgan fingerprint density at radius 1 is 1.20 bits per heavy atom. The van der Waals surface area contributed by atoms with Crippen LogP contribution in [-0.4, -0.2) is 37.4 Å². The van der Waals surface area contributed by atoms with Gasteiger partial charge in [-0.15, -0.1) is 0 Å². The molecule has 0 saturated heterocycles. The summed E-state index contributed by atoms with van der Waals surface area (Å²) in [6.45, 7) is 0.886. The molecule has 2 heterocycles. The molecule has 0 radical (unpaired) electrons. The van der Waals surface area contributed by atoms with E-state index in [4.69, 9.17) is 5.11 Å². The van der Waals surface area contributed by atoms with Gasteiger partial charge in [0, 0.05) is 27.2 Å². The van der Waals surface area contributed by atoms with Crippen molar-refractivity contribution in [2.45, 2.75) is 19.3 Å². The Morgan fingerprint density at radius 2 is 1.95 bits per heavy atom. The number of unbranched alkanes of at least 4 members (excludes halogenated alkanes) is 2. The van der Waals surface area contributed by atoms with Crippen LogP contribution < -0.4 is 16.6 Å². The van der Waals surface area contributed by atoms with Crippen molar-refractivity contribution in [2.24, 2.45) is 14.1 Å². The zero-order valence-corrected chi connectivity index (χ0v) is 11.6. The fourth-order valence-corrected chi connectivity index (χ4v) is 2.03. The maximum Gasteiger partial charge on any atom is 0.332 e. The second-order valence-corrected chi connectivity index (χ2v) is 4.70. The van der Waals surface area contributed by atoms with Crippen LogP contribution >= 0.6 is 0 Å². The first-order valence-corrected chi connectivity index (χ1v) is 6.56. The minimum Gasteiger partial charge on any atom is -0.396 e. The van der Waals surface area contributed by atoms with Crippen LogP contribution in [0, 0.1) is 0 Å². The molecule has 2 aromatic heterocycles. The van der Waals surface area contributed by atoms with Crippen molar-refractivity contribution in [3.05, 3.63) is 20.8 Å². The summed E-state index contributed by atoms with van der Waals surface area (Å²) in [6, 6.07) is 0. The molecule has 0 spiro atoms. The first kappa shape index (κ1) is 14.3. The van der Waals surface area contributed by atoms with Crippen molar-refractivity contribution in [3.63, 3.8) is 0 Å². The van der Waals surface area contributed by atoms with E-state index in [1.807, 2.05) is 0 Å². The van der Waals surface area contributed by atoms with Gasteiger partial charge in [0.1, 0.15) is 0 Å². The van der Waals surface area contributed by atoms with E-state index in [2.05, 4.69) is 15.3 Å². The highest BCUT2D eigenvalue weighted by atomic mass is 16.3. The Morgan fingerprint density at radius 3 is 2.65 bits per heavy atom. The topological polar surface area (TPSA) is 105 Å². The SMILES string of the molecule is Cn1c(=O)c2[nH]c(NCCCCCO)nc2n(C)c1=O. The summed E-state index contributed by atoms with van der Waals surface area (Å²) in [7, 11) is 3.02. The Hall–Kier alpha value is -2.09. The summed E-state index contributed by atoms with van der Waals surface area (Å²) in [4.78, 5) is 30.9. The molecule has 0 atom stereocenters. The highest BCUT2D eigenvalue weighted by Gasteiger charge is 2.12. The summed E-state index contributed by atoms with van der Waals surface area (Å²) in [5.41, 5.74) is -0.129. The van der Waals surface area contributed by atoms with E-state index >= 15 is 0 Å². The molecule has 0 aliphatic rings. The van der Waals surface area contributed by atoms with Crippen LogP contribution in [0.5, 0.6) is 0 Å². The van der Waals surface area contributed by atoms with Crippen molar-refractivity contribution in [1.82, 2.24) is 19.1 Å². The number of fused-ring (bicyclic) bond motifs is 1. The number of nitrogens with one attached hydrogen (secondary N) is 2. The number of aromatic amines is 1. The highest BCUT2D eigenvalue weighted by Crippen LogP contribution is 2.08. The monoisotopic (exact) mass is 281 g/mol. The van der Waals surface area contributed by atoms with Gasteiger partial charge in [-0.2, -0.15) is 4.98 Å². The molecule has 2 rings (SSSR count). The lowest BCUT2D eigenvalue weighted by Gasteiger charge is -2.01. The van der Waals surface area contributed by atoms with Gasteiger partial charge in [-0.1, -0.05) is 0 Å². The van der Waals surface area contributed by atoms with Crippen molar-refractivity contribution >= 4 is 17.1 Å². The molecule has 8 nitrogen and oxygen atoms in total. The number of anilines is 1. The number of H-pyrrole nitrogens is 1. The number of hydrogen-bond acceptors (Lipinski definition) is 5. The van der Waals surface area contributed by atoms with Crippen molar-refractivity contribution < 1.29 is 5.11 Å². The molecule has 0 bridgehead atoms. The number of hydrogen-bond donors (Lipinski definition) is 3. The molecule has 0 unspecified atom stereocenters. The minimum atomic E-state index is -0.400. The molecule has 0 saturated carbocycles. The zero-order valence-electron chi connectivity index (χ0n) is 11.6. The largest absolute Gasteiger partial charge is 0.396 e. The Kier molecular flexibility index (Phi) is 4.23. The first-order chi connectivity index (χ1) is 9.56. The third kappa shape index (κ3) is 2.60. The second kappa shape index (κ2) is 5.91. The number of aromatic nitrogens is 4. The Balaban J connectivity index is 2.22. The van der Waals surface area contributed by atoms with Gasteiger partial charge in [0.15, 0.2) is 11.2 Å². The average Bonchev–Trinajstić information content (AvgIpc) is 2.87. The lowest BCUT2D eigenvalue weighted by atomic mass is 10.2. The maximum absolute atomic E-state index is 12.0. The molecule has 0 aliphatic heterocycles. The molecule has 0 amide bonds. The fraction of sp³-hybridized carbons (Fsp3) is 0.583. The van der Waals surface area contributed by atoms with Gasteiger partial charge in [-0.05, 0) is 19.3 Å². The van der Waals surface area contributed by atoms with Crippen molar-refractivity contribution in [1.29, 1.82) is 0 Å². The molecule has 2 aromatic rings. The molecule has 8 heteroatoms. The molecule has 20 heavy (non-hydrogen) atoms. The minimum absolute atomic E-state index is 0.197. The summed E-state index contributed by atoms with van der Waals surface area (Å²) in [5.74, 6) is 0.474. The zero-order chi connectivity index (χ0) is 14.7. The van der Waals surface area contributed by atoms with Crippen LogP contribution in [0.4, 0.5) is 5.95 Å². The van der Waals surface area contributed by atoms with E-state index in [0.717, 1.165) is 23.8 Å². The first-order valence-electron chi connectivity index (χ1n) is 6.56. The van der Waals surface area contributed by atoms with Gasteiger partial charge in [0.05, 0.1) is 0 Å². The second-order valence-electron chi connectivity index (χ2n) is 4.70. The summed E-state index contributed by atoms with van der Waals surface area (Å²) < 4.78 is 2.38. The van der Waals surface area contributed by atoms with Gasteiger partial charge in [0.2, 0.25) is 5.95 Å². The Labute approximate surface area is 115 Å². The molecule has 110 valence electrons. The number of imidazole rings is 1. The Bertz CT molecular complexity index is 712. The average molecular weight is 281 g/mol. The quantitative estimate of drug-likeness (QED) is 0.621. The van der Waals surface area contributed by atoms with E-state index in [-0.39, 0.29) is 12.2 Å². The predicted molar refractivity (Wildman–Crippen MR) is 76.0 cm³/mol. The molecule has 0 aromatic carbocycles.